The van der Waals surface area contributed by atoms with E-state index >= 15 is 0 Å². The Labute approximate surface area is 141 Å². The van der Waals surface area contributed by atoms with Crippen LogP contribution in [0.3, 0.4) is 0 Å². The summed E-state index contributed by atoms with van der Waals surface area (Å²) in [5.41, 5.74) is 0.332. The molecule has 0 aromatic heterocycles. The van der Waals surface area contributed by atoms with Gasteiger partial charge in [-0.1, -0.05) is 0 Å². The maximum Gasteiger partial charge on any atom is 0.251 e. The molecule has 1 saturated heterocycles. The molecule has 0 bridgehead atoms. The van der Waals surface area contributed by atoms with Gasteiger partial charge in [0.1, 0.15) is 0 Å². The first-order valence-corrected chi connectivity index (χ1v) is 9.15. The highest BCUT2D eigenvalue weighted by molar-refractivity contribution is 7.89. The maximum atomic E-state index is 12.5. The average Bonchev–Trinajstić information content (AvgIpc) is 2.61. The predicted molar refractivity (Wildman–Crippen MR) is 88.3 cm³/mol. The van der Waals surface area contributed by atoms with E-state index in [4.69, 9.17) is 4.74 Å². The highest BCUT2D eigenvalue weighted by Crippen LogP contribution is 2.17. The van der Waals surface area contributed by atoms with Gasteiger partial charge in [-0.05, 0) is 24.3 Å². The summed E-state index contributed by atoms with van der Waals surface area (Å²) in [5.74, 6) is -0.378. The van der Waals surface area contributed by atoms with E-state index in [0.29, 0.717) is 31.7 Å². The first-order chi connectivity index (χ1) is 11.4. The van der Waals surface area contributed by atoms with Crippen molar-refractivity contribution < 1.29 is 23.1 Å². The number of carbonyl (C=O) groups is 1. The van der Waals surface area contributed by atoms with Gasteiger partial charge in [-0.2, -0.15) is 4.31 Å². The van der Waals surface area contributed by atoms with Crippen molar-refractivity contribution in [2.24, 2.45) is 0 Å². The number of aliphatic hydroxyl groups excluding tert-OH is 1. The normalized spacial score (nSPS) is 17.4. The van der Waals surface area contributed by atoms with Gasteiger partial charge in [-0.3, -0.25) is 4.79 Å². The van der Waals surface area contributed by atoms with Gasteiger partial charge < -0.3 is 20.5 Å². The zero-order valence-electron chi connectivity index (χ0n) is 13.6. The van der Waals surface area contributed by atoms with Gasteiger partial charge in [0.25, 0.3) is 5.91 Å². The Bertz CT molecular complexity index is 642. The lowest BCUT2D eigenvalue weighted by molar-refractivity contribution is 0.0610. The van der Waals surface area contributed by atoms with Gasteiger partial charge in [0.15, 0.2) is 0 Å². The number of carbonyl (C=O) groups excluding carboxylic acids is 1. The van der Waals surface area contributed by atoms with Gasteiger partial charge >= 0.3 is 0 Å². The number of nitrogens with one attached hydrogen (secondary N) is 2. The summed E-state index contributed by atoms with van der Waals surface area (Å²) in [6.45, 7) is 2.31. The molecule has 1 amide bonds. The van der Waals surface area contributed by atoms with Crippen LogP contribution in [-0.2, 0) is 14.8 Å². The van der Waals surface area contributed by atoms with E-state index in [1.54, 1.807) is 0 Å². The standard InChI is InChI=1S/C15H23N3O5S/c1-23-11-13(19)10-17-15(20)12-2-4-14(5-3-12)24(21,22)18-8-6-16-7-9-18/h2-5,13,16,19H,6-11H2,1H3,(H,17,20)/t13-/m0/s1. The van der Waals surface area contributed by atoms with Crippen LogP contribution in [0.25, 0.3) is 0 Å². The summed E-state index contributed by atoms with van der Waals surface area (Å²) < 4.78 is 31.2. The Morgan fingerprint density at radius 3 is 2.54 bits per heavy atom. The van der Waals surface area contributed by atoms with Crippen molar-refractivity contribution in [2.45, 2.75) is 11.0 Å². The van der Waals surface area contributed by atoms with Crippen molar-refractivity contribution in [3.8, 4) is 0 Å². The first-order valence-electron chi connectivity index (χ1n) is 7.71. The second-order valence-electron chi connectivity index (χ2n) is 5.50. The van der Waals surface area contributed by atoms with Crippen LogP contribution in [0.1, 0.15) is 10.4 Å². The monoisotopic (exact) mass is 357 g/mol. The van der Waals surface area contributed by atoms with E-state index in [1.165, 1.54) is 35.7 Å². The third kappa shape index (κ3) is 4.74. The number of sulfonamides is 1. The van der Waals surface area contributed by atoms with Crippen LogP contribution in [-0.4, -0.2) is 76.3 Å². The Balaban J connectivity index is 2.00. The number of rotatable bonds is 7. The molecule has 2 rings (SSSR count). The number of methoxy groups -OCH3 is 1. The third-order valence-corrected chi connectivity index (χ3v) is 5.60. The number of hydrogen-bond donors (Lipinski definition) is 3. The summed E-state index contributed by atoms with van der Waals surface area (Å²) in [5, 5.41) is 15.2. The Hall–Kier alpha value is -1.52. The van der Waals surface area contributed by atoms with E-state index in [2.05, 4.69) is 10.6 Å². The van der Waals surface area contributed by atoms with Gasteiger partial charge in [0.2, 0.25) is 10.0 Å². The minimum absolute atomic E-state index is 0.0630. The van der Waals surface area contributed by atoms with E-state index in [-0.39, 0.29) is 24.0 Å². The minimum atomic E-state index is -3.53. The second kappa shape index (κ2) is 8.54. The number of hydrogen-bond acceptors (Lipinski definition) is 6. The zero-order valence-corrected chi connectivity index (χ0v) is 14.4. The Morgan fingerprint density at radius 2 is 1.96 bits per heavy atom. The van der Waals surface area contributed by atoms with Crippen LogP contribution in [0.4, 0.5) is 0 Å². The molecule has 0 unspecified atom stereocenters. The summed E-state index contributed by atoms with van der Waals surface area (Å²) in [4.78, 5) is 12.2. The van der Waals surface area contributed by atoms with Gasteiger partial charge in [0.05, 0.1) is 17.6 Å². The molecule has 9 heteroatoms. The van der Waals surface area contributed by atoms with E-state index < -0.39 is 16.1 Å². The molecule has 134 valence electrons. The molecular weight excluding hydrogens is 334 g/mol. The number of aliphatic hydroxyl groups is 1. The molecule has 3 N–H and O–H groups in total. The second-order valence-corrected chi connectivity index (χ2v) is 7.44. The third-order valence-electron chi connectivity index (χ3n) is 3.69. The van der Waals surface area contributed by atoms with Crippen molar-refractivity contribution in [3.05, 3.63) is 29.8 Å². The van der Waals surface area contributed by atoms with Crippen LogP contribution in [0.15, 0.2) is 29.2 Å². The fraction of sp³-hybridized carbons (Fsp3) is 0.533. The number of nitrogens with zero attached hydrogens (tertiary/aromatic N) is 1. The molecule has 1 heterocycles. The van der Waals surface area contributed by atoms with Crippen molar-refractivity contribution in [3.63, 3.8) is 0 Å². The molecule has 0 spiro atoms. The molecular formula is C15H23N3O5S. The van der Waals surface area contributed by atoms with Crippen molar-refractivity contribution >= 4 is 15.9 Å². The van der Waals surface area contributed by atoms with Gasteiger partial charge in [-0.25, -0.2) is 8.42 Å². The molecule has 0 aliphatic carbocycles. The molecule has 0 radical (unpaired) electrons. The van der Waals surface area contributed by atoms with E-state index in [0.717, 1.165) is 0 Å². The summed E-state index contributed by atoms with van der Waals surface area (Å²) >= 11 is 0. The fourth-order valence-corrected chi connectivity index (χ4v) is 3.82. The fourth-order valence-electron chi connectivity index (χ4n) is 2.38. The number of piperazine rings is 1. The molecule has 1 aromatic carbocycles. The molecule has 8 nitrogen and oxygen atoms in total. The molecule has 1 aliphatic rings. The highest BCUT2D eigenvalue weighted by Gasteiger charge is 2.25. The van der Waals surface area contributed by atoms with Crippen LogP contribution in [0.2, 0.25) is 0 Å². The minimum Gasteiger partial charge on any atom is -0.389 e. The van der Waals surface area contributed by atoms with Crippen LogP contribution < -0.4 is 10.6 Å². The zero-order chi connectivity index (χ0) is 17.6. The smallest absolute Gasteiger partial charge is 0.251 e. The number of ether oxygens (including phenoxy) is 1. The predicted octanol–water partition coefficient (Wildman–Crippen LogP) is -0.982. The van der Waals surface area contributed by atoms with E-state index in [1.807, 2.05) is 0 Å². The Morgan fingerprint density at radius 1 is 1.33 bits per heavy atom. The molecule has 1 aliphatic heterocycles. The topological polar surface area (TPSA) is 108 Å². The van der Waals surface area contributed by atoms with Crippen LogP contribution in [0, 0.1) is 0 Å². The van der Waals surface area contributed by atoms with Crippen molar-refractivity contribution in [2.75, 3.05) is 46.4 Å². The maximum absolute atomic E-state index is 12.5. The van der Waals surface area contributed by atoms with Crippen LogP contribution in [0.5, 0.6) is 0 Å². The molecule has 1 aromatic rings. The molecule has 1 atom stereocenters. The highest BCUT2D eigenvalue weighted by atomic mass is 32.2. The SMILES string of the molecule is COC[C@@H](O)CNC(=O)c1ccc(S(=O)(=O)N2CCNCC2)cc1. The lowest BCUT2D eigenvalue weighted by Crippen LogP contribution is -2.46. The van der Waals surface area contributed by atoms with Gasteiger partial charge in [0, 0.05) is 45.4 Å². The summed E-state index contributed by atoms with van der Waals surface area (Å²) in [6.07, 6.45) is -0.786. The van der Waals surface area contributed by atoms with Gasteiger partial charge in [-0.15, -0.1) is 0 Å². The summed E-state index contributed by atoms with van der Waals surface area (Å²) in [7, 11) is -2.07. The number of benzene rings is 1. The Kier molecular flexibility index (Phi) is 6.69. The van der Waals surface area contributed by atoms with Crippen LogP contribution >= 0.6 is 0 Å². The number of amides is 1. The van der Waals surface area contributed by atoms with E-state index in [9.17, 15) is 18.3 Å². The summed E-state index contributed by atoms with van der Waals surface area (Å²) in [6, 6.07) is 5.79. The first kappa shape index (κ1) is 18.8. The van der Waals surface area contributed by atoms with Crippen molar-refractivity contribution in [1.82, 2.24) is 14.9 Å². The largest absolute Gasteiger partial charge is 0.389 e. The molecule has 0 saturated carbocycles. The van der Waals surface area contributed by atoms with Crippen molar-refractivity contribution in [1.29, 1.82) is 0 Å². The molecule has 1 fully saturated rings. The lowest BCUT2D eigenvalue weighted by atomic mass is 10.2. The quantitative estimate of drug-likeness (QED) is 0.579. The average molecular weight is 357 g/mol. The molecule has 24 heavy (non-hydrogen) atoms. The lowest BCUT2D eigenvalue weighted by Gasteiger charge is -2.26.